The molecule has 0 radical (unpaired) electrons. The number of ether oxygens (including phenoxy) is 4. The van der Waals surface area contributed by atoms with Crippen molar-refractivity contribution in [2.45, 2.75) is 65.2 Å². The van der Waals surface area contributed by atoms with Gasteiger partial charge in [-0.1, -0.05) is 59.0 Å². The van der Waals surface area contributed by atoms with Crippen LogP contribution in [0.5, 0.6) is 0 Å². The molecule has 2 heterocycles. The van der Waals surface area contributed by atoms with Crippen molar-refractivity contribution in [2.75, 3.05) is 0 Å². The van der Waals surface area contributed by atoms with Crippen molar-refractivity contribution in [3.63, 3.8) is 0 Å². The fourth-order valence-electron chi connectivity index (χ4n) is 6.18. The molecule has 2 aromatic heterocycles. The fraction of sp³-hybridized carbons (Fsp3) is 0.294. The second-order valence-electron chi connectivity index (χ2n) is 11.8. The van der Waals surface area contributed by atoms with Crippen molar-refractivity contribution < 1.29 is 57.3 Å². The van der Waals surface area contributed by atoms with E-state index in [0.717, 1.165) is 37.1 Å². The number of carbonyl (C=O) groups is 8. The molecule has 4 aromatic rings. The SMILES string of the molecule is CC(=O)O[C@@H]([C@H](OC(C)=O)[C@@H](Cn1nnc2c1C(=O)c1ccccc1C2=O)OC(C)=O)[C@@H](Cn1nnc2c1C(=O)c1ccccc1C2=O)OC(C)=O. The molecule has 0 saturated heterocycles. The number of ketones is 4. The number of rotatable bonds is 11. The first kappa shape index (κ1) is 35.1. The van der Waals surface area contributed by atoms with E-state index in [4.69, 9.17) is 18.9 Å². The summed E-state index contributed by atoms with van der Waals surface area (Å²) in [5.74, 6) is -6.16. The molecule has 4 atom stereocenters. The average Bonchev–Trinajstić information content (AvgIpc) is 3.71. The number of hydrogen-bond acceptors (Lipinski definition) is 16. The zero-order valence-corrected chi connectivity index (χ0v) is 27.9. The highest BCUT2D eigenvalue weighted by Gasteiger charge is 2.46. The van der Waals surface area contributed by atoms with E-state index in [1.165, 1.54) is 24.3 Å². The van der Waals surface area contributed by atoms with Gasteiger partial charge in [-0.15, -0.1) is 10.2 Å². The van der Waals surface area contributed by atoms with E-state index in [1.807, 2.05) is 0 Å². The largest absolute Gasteiger partial charge is 0.456 e. The van der Waals surface area contributed by atoms with Gasteiger partial charge in [0, 0.05) is 49.9 Å². The lowest BCUT2D eigenvalue weighted by Gasteiger charge is -2.35. The lowest BCUT2D eigenvalue weighted by atomic mass is 9.90. The van der Waals surface area contributed by atoms with Crippen LogP contribution in [0.3, 0.4) is 0 Å². The summed E-state index contributed by atoms with van der Waals surface area (Å²) in [7, 11) is 0. The third-order valence-corrected chi connectivity index (χ3v) is 8.16. The van der Waals surface area contributed by atoms with Gasteiger partial charge in [0.2, 0.25) is 23.1 Å². The van der Waals surface area contributed by atoms with Gasteiger partial charge in [-0.25, -0.2) is 9.36 Å². The Morgan fingerprint density at radius 3 is 1.13 bits per heavy atom. The maximum absolute atomic E-state index is 13.6. The molecule has 2 aliphatic carbocycles. The van der Waals surface area contributed by atoms with E-state index in [1.54, 1.807) is 24.3 Å². The summed E-state index contributed by atoms with van der Waals surface area (Å²) in [6.07, 6.45) is -6.88. The quantitative estimate of drug-likeness (QED) is 0.134. The molecule has 6 rings (SSSR count). The van der Waals surface area contributed by atoms with Crippen LogP contribution in [-0.2, 0) is 51.2 Å². The third kappa shape index (κ3) is 6.48. The van der Waals surface area contributed by atoms with Crippen molar-refractivity contribution >= 4 is 47.0 Å². The number of aromatic nitrogens is 6. The molecule has 0 bridgehead atoms. The molecular formula is C34H28N6O12. The molecule has 0 N–H and O–H groups in total. The van der Waals surface area contributed by atoms with Crippen LogP contribution < -0.4 is 0 Å². The van der Waals surface area contributed by atoms with Gasteiger partial charge >= 0.3 is 23.9 Å². The van der Waals surface area contributed by atoms with Crippen molar-refractivity contribution in [1.82, 2.24) is 30.0 Å². The van der Waals surface area contributed by atoms with Gasteiger partial charge in [-0.2, -0.15) is 0 Å². The highest BCUT2D eigenvalue weighted by molar-refractivity contribution is 6.27. The summed E-state index contributed by atoms with van der Waals surface area (Å²) in [5.41, 5.74) is -0.687. The monoisotopic (exact) mass is 712 g/mol. The van der Waals surface area contributed by atoms with Gasteiger partial charge in [0.25, 0.3) is 0 Å². The predicted octanol–water partition coefficient (Wildman–Crippen LogP) is 0.847. The van der Waals surface area contributed by atoms with Crippen LogP contribution >= 0.6 is 0 Å². The van der Waals surface area contributed by atoms with Crippen molar-refractivity contribution in [3.05, 3.63) is 93.6 Å². The number of nitrogens with zero attached hydrogens (tertiary/aromatic N) is 6. The van der Waals surface area contributed by atoms with Gasteiger partial charge in [0.1, 0.15) is 11.4 Å². The van der Waals surface area contributed by atoms with Crippen LogP contribution in [0.25, 0.3) is 0 Å². The lowest BCUT2D eigenvalue weighted by Crippen LogP contribution is -2.54. The first-order valence-electron chi connectivity index (χ1n) is 15.7. The molecule has 0 amide bonds. The molecule has 52 heavy (non-hydrogen) atoms. The van der Waals surface area contributed by atoms with Gasteiger partial charge in [0.05, 0.1) is 13.1 Å². The molecule has 0 saturated carbocycles. The molecule has 266 valence electrons. The molecule has 0 fully saturated rings. The summed E-state index contributed by atoms with van der Waals surface area (Å²) in [4.78, 5) is 104. The molecule has 0 aliphatic heterocycles. The van der Waals surface area contributed by atoms with E-state index in [9.17, 15) is 38.4 Å². The van der Waals surface area contributed by atoms with Gasteiger partial charge < -0.3 is 18.9 Å². The lowest BCUT2D eigenvalue weighted by molar-refractivity contribution is -0.200. The predicted molar refractivity (Wildman–Crippen MR) is 169 cm³/mol. The average molecular weight is 713 g/mol. The highest BCUT2D eigenvalue weighted by atomic mass is 16.6. The topological polar surface area (TPSA) is 235 Å². The van der Waals surface area contributed by atoms with Crippen molar-refractivity contribution in [2.24, 2.45) is 0 Å². The molecule has 18 nitrogen and oxygen atoms in total. The molecule has 0 unspecified atom stereocenters. The minimum absolute atomic E-state index is 0.0728. The van der Waals surface area contributed by atoms with E-state index >= 15 is 0 Å². The maximum Gasteiger partial charge on any atom is 0.303 e. The van der Waals surface area contributed by atoms with E-state index in [-0.39, 0.29) is 45.0 Å². The van der Waals surface area contributed by atoms with Crippen LogP contribution in [0.1, 0.15) is 91.9 Å². The molecule has 2 aliphatic rings. The highest BCUT2D eigenvalue weighted by Crippen LogP contribution is 2.29. The van der Waals surface area contributed by atoms with Gasteiger partial charge in [-0.05, 0) is 0 Å². The number of esters is 4. The van der Waals surface area contributed by atoms with Crippen LogP contribution in [0.2, 0.25) is 0 Å². The Morgan fingerprint density at radius 2 is 0.827 bits per heavy atom. The second-order valence-corrected chi connectivity index (χ2v) is 11.8. The minimum Gasteiger partial charge on any atom is -0.456 e. The minimum atomic E-state index is -1.80. The number of hydrogen-bond donors (Lipinski definition) is 0. The Labute approximate surface area is 292 Å². The molecule has 2 aromatic carbocycles. The Kier molecular flexibility index (Phi) is 9.38. The van der Waals surface area contributed by atoms with Crippen LogP contribution in [0, 0.1) is 0 Å². The Hall–Kier alpha value is -6.72. The smallest absolute Gasteiger partial charge is 0.303 e. The summed E-state index contributed by atoms with van der Waals surface area (Å²) < 4.78 is 24.3. The normalized spacial score (nSPS) is 15.2. The van der Waals surface area contributed by atoms with Crippen LogP contribution in [-0.4, -0.2) is 101 Å². The first-order chi connectivity index (χ1) is 24.8. The molecular weight excluding hydrogens is 684 g/mol. The summed E-state index contributed by atoms with van der Waals surface area (Å²) in [6, 6.07) is 12.1. The zero-order chi connectivity index (χ0) is 37.4. The van der Waals surface area contributed by atoms with Crippen LogP contribution in [0.4, 0.5) is 0 Å². The standard InChI is InChI=1S/C34H28N6O12/c1-15(41)49-23(13-39-27-25(35-37-39)29(45)19-9-5-7-11-21(19)31(27)47)33(51-17(3)43)34(52-18(4)44)24(50-16(2)42)14-40-28-26(36-38-40)30(46)20-10-6-8-12-22(20)32(28)48/h5-12,23-24,33-34H,13-14H2,1-4H3/t23-,24-,33-,34-/m1/s1. The van der Waals surface area contributed by atoms with Crippen LogP contribution in [0.15, 0.2) is 48.5 Å². The summed E-state index contributed by atoms with van der Waals surface area (Å²) in [6.45, 7) is 2.91. The van der Waals surface area contributed by atoms with Gasteiger partial charge in [-0.3, -0.25) is 38.4 Å². The Morgan fingerprint density at radius 1 is 0.519 bits per heavy atom. The van der Waals surface area contributed by atoms with Crippen molar-refractivity contribution in [1.29, 1.82) is 0 Å². The van der Waals surface area contributed by atoms with Crippen molar-refractivity contribution in [3.8, 4) is 0 Å². The molecule has 18 heteroatoms. The third-order valence-electron chi connectivity index (χ3n) is 8.16. The zero-order valence-electron chi connectivity index (χ0n) is 27.9. The summed E-state index contributed by atoms with van der Waals surface area (Å²) in [5, 5.41) is 15.7. The van der Waals surface area contributed by atoms with E-state index in [0.29, 0.717) is 0 Å². The Bertz CT molecular complexity index is 2050. The summed E-state index contributed by atoms with van der Waals surface area (Å²) >= 11 is 0. The number of fused-ring (bicyclic) bond motifs is 4. The van der Waals surface area contributed by atoms with E-state index < -0.39 is 84.5 Å². The van der Waals surface area contributed by atoms with E-state index in [2.05, 4.69) is 20.6 Å². The van der Waals surface area contributed by atoms with Gasteiger partial charge in [0.15, 0.2) is 35.8 Å². The fourth-order valence-corrected chi connectivity index (χ4v) is 6.18. The maximum atomic E-state index is 13.6. The number of carbonyl (C=O) groups excluding carboxylic acids is 8. The second kappa shape index (κ2) is 13.9. The first-order valence-corrected chi connectivity index (χ1v) is 15.7. The molecule has 0 spiro atoms. The number of benzene rings is 2. The Balaban J connectivity index is 1.42.